The molecule has 2 aromatic carbocycles. The minimum absolute atomic E-state index is 0.238. The highest BCUT2D eigenvalue weighted by molar-refractivity contribution is 6.07. The Hall–Kier alpha value is -4.11. The molecule has 0 aliphatic carbocycles. The lowest BCUT2D eigenvalue weighted by molar-refractivity contribution is -0.137. The molecule has 4 N–H and O–H groups in total. The fourth-order valence-corrected chi connectivity index (χ4v) is 4.05. The van der Waals surface area contributed by atoms with Gasteiger partial charge in [-0.1, -0.05) is 24.3 Å². The maximum Gasteiger partial charge on any atom is 0.416 e. The minimum atomic E-state index is -4.48. The largest absolute Gasteiger partial charge is 0.416 e. The first-order chi connectivity index (χ1) is 16.3. The highest BCUT2D eigenvalue weighted by Gasteiger charge is 2.31. The molecular formula is C25H20F3N5O. The molecule has 0 unspecified atom stereocenters. The normalized spacial score (nSPS) is 11.9. The molecule has 0 radical (unpaired) electrons. The van der Waals surface area contributed by atoms with Crippen molar-refractivity contribution < 1.29 is 18.0 Å². The maximum atomic E-state index is 13.3. The number of carbonyl (C=O) groups is 1. The number of anilines is 1. The van der Waals surface area contributed by atoms with E-state index in [0.29, 0.717) is 35.3 Å². The van der Waals surface area contributed by atoms with Crippen molar-refractivity contribution in [1.82, 2.24) is 14.5 Å². The number of rotatable bonds is 5. The van der Waals surface area contributed by atoms with Crippen LogP contribution in [-0.2, 0) is 19.3 Å². The first-order valence-electron chi connectivity index (χ1n) is 10.5. The number of H-pyrrole nitrogens is 1. The van der Waals surface area contributed by atoms with E-state index in [-0.39, 0.29) is 5.69 Å². The molecule has 1 amide bonds. The van der Waals surface area contributed by atoms with Crippen molar-refractivity contribution in [2.45, 2.75) is 19.3 Å². The Balaban J connectivity index is 1.57. The van der Waals surface area contributed by atoms with Gasteiger partial charge in [0.1, 0.15) is 11.3 Å². The van der Waals surface area contributed by atoms with Crippen LogP contribution >= 0.6 is 0 Å². The number of nitrogens with two attached hydrogens (primary N) is 1. The van der Waals surface area contributed by atoms with Crippen LogP contribution in [0, 0.1) is 0 Å². The van der Waals surface area contributed by atoms with E-state index in [9.17, 15) is 18.0 Å². The zero-order valence-electron chi connectivity index (χ0n) is 17.9. The third kappa shape index (κ3) is 4.13. The summed E-state index contributed by atoms with van der Waals surface area (Å²) in [5.41, 5.74) is 8.71. The van der Waals surface area contributed by atoms with Crippen molar-refractivity contribution in [2.24, 2.45) is 5.73 Å². The molecule has 9 heteroatoms. The predicted octanol–water partition coefficient (Wildman–Crippen LogP) is 5.30. The van der Waals surface area contributed by atoms with Crippen LogP contribution in [0.25, 0.3) is 21.9 Å². The molecule has 172 valence electrons. The molecule has 34 heavy (non-hydrogen) atoms. The number of carbonyl (C=O) groups excluding carboxylic acids is 1. The van der Waals surface area contributed by atoms with Gasteiger partial charge in [0.2, 0.25) is 0 Å². The van der Waals surface area contributed by atoms with Crippen LogP contribution < -0.4 is 11.1 Å². The van der Waals surface area contributed by atoms with Crippen molar-refractivity contribution in [2.75, 3.05) is 5.32 Å². The van der Waals surface area contributed by atoms with E-state index < -0.39 is 17.6 Å². The Kier molecular flexibility index (Phi) is 5.33. The summed E-state index contributed by atoms with van der Waals surface area (Å²) in [5.74, 6) is -0.448. The molecule has 0 aliphatic rings. The topological polar surface area (TPSA) is 88.7 Å². The van der Waals surface area contributed by atoms with Crippen LogP contribution in [0.5, 0.6) is 0 Å². The molecule has 0 saturated heterocycles. The van der Waals surface area contributed by atoms with Crippen LogP contribution in [-0.4, -0.2) is 20.4 Å². The van der Waals surface area contributed by atoms with Crippen LogP contribution in [0.15, 0.2) is 73.1 Å². The predicted molar refractivity (Wildman–Crippen MR) is 124 cm³/mol. The summed E-state index contributed by atoms with van der Waals surface area (Å²) in [4.78, 5) is 20.5. The molecule has 0 saturated carbocycles. The number of alkyl halides is 3. The van der Waals surface area contributed by atoms with Gasteiger partial charge in [-0.3, -0.25) is 4.79 Å². The van der Waals surface area contributed by atoms with Gasteiger partial charge in [-0.05, 0) is 47.5 Å². The molecule has 0 aliphatic heterocycles. The number of nitrogens with zero attached hydrogens (tertiary/aromatic N) is 2. The van der Waals surface area contributed by atoms with Crippen molar-refractivity contribution in [3.63, 3.8) is 0 Å². The van der Waals surface area contributed by atoms with E-state index in [1.165, 1.54) is 18.3 Å². The molecular weight excluding hydrogens is 443 g/mol. The van der Waals surface area contributed by atoms with E-state index in [1.54, 1.807) is 16.8 Å². The van der Waals surface area contributed by atoms with Gasteiger partial charge in [-0.2, -0.15) is 13.2 Å². The standard InChI is InChI=1S/C25H20F3N5O/c26-25(27,28)19-4-5-21-18(9-19)11-22(33(21)14-16-3-1-2-15(8-16)12-29)24(34)32-20-10-17-6-7-30-23(17)31-13-20/h1-11,13H,12,14,29H2,(H,30,31)(H,32,34). The molecule has 0 bridgehead atoms. The van der Waals surface area contributed by atoms with Gasteiger partial charge in [0, 0.05) is 35.6 Å². The number of hydrogen-bond donors (Lipinski definition) is 3. The lowest BCUT2D eigenvalue weighted by Crippen LogP contribution is -2.17. The summed E-state index contributed by atoms with van der Waals surface area (Å²) < 4.78 is 41.6. The molecule has 0 fully saturated rings. The molecule has 5 rings (SSSR count). The number of benzene rings is 2. The zero-order valence-corrected chi connectivity index (χ0v) is 17.9. The quantitative estimate of drug-likeness (QED) is 0.331. The molecule has 0 atom stereocenters. The van der Waals surface area contributed by atoms with Gasteiger partial charge < -0.3 is 20.6 Å². The molecule has 0 spiro atoms. The number of pyridine rings is 1. The monoisotopic (exact) mass is 463 g/mol. The second kappa shape index (κ2) is 8.35. The Bertz CT molecular complexity index is 1520. The number of hydrogen-bond acceptors (Lipinski definition) is 3. The second-order valence-corrected chi connectivity index (χ2v) is 8.00. The van der Waals surface area contributed by atoms with Gasteiger partial charge in [-0.15, -0.1) is 0 Å². The second-order valence-electron chi connectivity index (χ2n) is 8.00. The fourth-order valence-electron chi connectivity index (χ4n) is 4.05. The SMILES string of the molecule is NCc1cccc(Cn2c(C(=O)Nc3cnc4[nH]ccc4c3)cc3cc(C(F)(F)F)ccc32)c1. The first kappa shape index (κ1) is 21.7. The fraction of sp³-hybridized carbons (Fsp3) is 0.120. The Morgan fingerprint density at radius 1 is 1.03 bits per heavy atom. The lowest BCUT2D eigenvalue weighted by Gasteiger charge is -2.13. The van der Waals surface area contributed by atoms with Gasteiger partial charge in [0.25, 0.3) is 5.91 Å². The Morgan fingerprint density at radius 2 is 1.85 bits per heavy atom. The highest BCUT2D eigenvalue weighted by Crippen LogP contribution is 2.33. The minimum Gasteiger partial charge on any atom is -0.346 e. The van der Waals surface area contributed by atoms with E-state index in [2.05, 4.69) is 15.3 Å². The number of fused-ring (bicyclic) bond motifs is 2. The smallest absolute Gasteiger partial charge is 0.346 e. The average Bonchev–Trinajstić information content (AvgIpc) is 3.42. The molecule has 6 nitrogen and oxygen atoms in total. The third-order valence-corrected chi connectivity index (χ3v) is 5.69. The summed E-state index contributed by atoms with van der Waals surface area (Å²) in [6.07, 6.45) is -1.21. The number of aromatic amines is 1. The summed E-state index contributed by atoms with van der Waals surface area (Å²) >= 11 is 0. The van der Waals surface area contributed by atoms with E-state index in [0.717, 1.165) is 28.6 Å². The summed E-state index contributed by atoms with van der Waals surface area (Å²) in [5, 5.41) is 3.97. The van der Waals surface area contributed by atoms with Crippen LogP contribution in [0.4, 0.5) is 18.9 Å². The van der Waals surface area contributed by atoms with Gasteiger partial charge in [0.05, 0.1) is 17.4 Å². The van der Waals surface area contributed by atoms with Crippen LogP contribution in [0.1, 0.15) is 27.2 Å². The lowest BCUT2D eigenvalue weighted by atomic mass is 10.1. The number of aromatic nitrogens is 3. The highest BCUT2D eigenvalue weighted by atomic mass is 19.4. The number of nitrogens with one attached hydrogen (secondary N) is 2. The Labute approximate surface area is 192 Å². The average molecular weight is 463 g/mol. The van der Waals surface area contributed by atoms with E-state index >= 15 is 0 Å². The summed E-state index contributed by atoms with van der Waals surface area (Å²) in [7, 11) is 0. The molecule has 3 aromatic heterocycles. The summed E-state index contributed by atoms with van der Waals surface area (Å²) in [6, 6.07) is 16.1. The van der Waals surface area contributed by atoms with Crippen LogP contribution in [0.2, 0.25) is 0 Å². The first-order valence-corrected chi connectivity index (χ1v) is 10.5. The van der Waals surface area contributed by atoms with Crippen molar-refractivity contribution in [3.8, 4) is 0 Å². The van der Waals surface area contributed by atoms with Crippen molar-refractivity contribution >= 4 is 33.5 Å². The van der Waals surface area contributed by atoms with Crippen LogP contribution in [0.3, 0.4) is 0 Å². The number of amides is 1. The van der Waals surface area contributed by atoms with E-state index in [4.69, 9.17) is 5.73 Å². The molecule has 3 heterocycles. The Morgan fingerprint density at radius 3 is 2.65 bits per heavy atom. The van der Waals surface area contributed by atoms with Gasteiger partial charge in [-0.25, -0.2) is 4.98 Å². The maximum absolute atomic E-state index is 13.3. The summed E-state index contributed by atoms with van der Waals surface area (Å²) in [6.45, 7) is 0.651. The number of halogens is 3. The van der Waals surface area contributed by atoms with E-state index in [1.807, 2.05) is 30.3 Å². The van der Waals surface area contributed by atoms with Gasteiger partial charge in [0.15, 0.2) is 0 Å². The molecule has 5 aromatic rings. The third-order valence-electron chi connectivity index (χ3n) is 5.69. The van der Waals surface area contributed by atoms with Crippen molar-refractivity contribution in [1.29, 1.82) is 0 Å². The zero-order chi connectivity index (χ0) is 23.9. The van der Waals surface area contributed by atoms with Gasteiger partial charge >= 0.3 is 6.18 Å². The van der Waals surface area contributed by atoms with Crippen molar-refractivity contribution in [3.05, 3.63) is 95.4 Å².